The summed E-state index contributed by atoms with van der Waals surface area (Å²) in [5, 5.41) is 1.67. The summed E-state index contributed by atoms with van der Waals surface area (Å²) in [6.45, 7) is 6.10. The molecule has 5 nitrogen and oxygen atoms in total. The van der Waals surface area contributed by atoms with E-state index < -0.39 is 0 Å². The molecule has 0 bridgehead atoms. The summed E-state index contributed by atoms with van der Waals surface area (Å²) < 4.78 is 13.8. The van der Waals surface area contributed by atoms with Crippen molar-refractivity contribution in [2.24, 2.45) is 0 Å². The molecule has 0 saturated carbocycles. The van der Waals surface area contributed by atoms with Crippen LogP contribution in [-0.4, -0.2) is 48.1 Å². The monoisotopic (exact) mass is 482 g/mol. The van der Waals surface area contributed by atoms with Crippen LogP contribution >= 0.6 is 11.6 Å². The van der Waals surface area contributed by atoms with Crippen molar-refractivity contribution in [3.8, 4) is 11.5 Å². The molecule has 2 heterocycles. The zero-order valence-corrected chi connectivity index (χ0v) is 21.0. The van der Waals surface area contributed by atoms with Gasteiger partial charge in [-0.2, -0.15) is 0 Å². The fourth-order valence-corrected chi connectivity index (χ4v) is 4.90. The Morgan fingerprint density at radius 3 is 2.62 bits per heavy atom. The number of piperidine rings is 1. The second-order valence-electron chi connectivity index (χ2n) is 9.09. The molecule has 1 aliphatic rings. The van der Waals surface area contributed by atoms with E-state index in [0.717, 1.165) is 86.2 Å². The molecule has 6 heteroatoms. The van der Waals surface area contributed by atoms with Crippen molar-refractivity contribution in [2.45, 2.75) is 58.1 Å². The van der Waals surface area contributed by atoms with Crippen LogP contribution in [0.1, 0.15) is 55.8 Å². The second-order valence-corrected chi connectivity index (χ2v) is 9.50. The van der Waals surface area contributed by atoms with Crippen molar-refractivity contribution in [3.63, 3.8) is 0 Å². The molecule has 0 N–H and O–H groups in total. The topological polar surface area (TPSA) is 43.7 Å². The quantitative estimate of drug-likeness (QED) is 0.288. The minimum atomic E-state index is 0.219. The van der Waals surface area contributed by atoms with Crippen molar-refractivity contribution in [1.29, 1.82) is 0 Å². The highest BCUT2D eigenvalue weighted by atomic mass is 35.5. The molecule has 34 heavy (non-hydrogen) atoms. The van der Waals surface area contributed by atoms with Crippen LogP contribution in [0.15, 0.2) is 48.7 Å². The minimum absolute atomic E-state index is 0.219. The normalized spacial score (nSPS) is 15.0. The Kier molecular flexibility index (Phi) is 8.52. The SMILES string of the molecule is CCCCC(=O)c1cn(CCCN2CCC(Oc3ccccc3Cl)CC2)c2ccc(OC)cc12. The number of unbranched alkanes of at least 4 members (excludes halogenated alkanes) is 1. The Labute approximate surface area is 207 Å². The van der Waals surface area contributed by atoms with Crippen molar-refractivity contribution in [3.05, 3.63) is 59.2 Å². The summed E-state index contributed by atoms with van der Waals surface area (Å²) in [6, 6.07) is 13.7. The molecular weight excluding hydrogens is 448 g/mol. The van der Waals surface area contributed by atoms with Gasteiger partial charge in [-0.25, -0.2) is 0 Å². The van der Waals surface area contributed by atoms with Gasteiger partial charge >= 0.3 is 0 Å². The summed E-state index contributed by atoms with van der Waals surface area (Å²) in [4.78, 5) is 15.4. The van der Waals surface area contributed by atoms with E-state index in [9.17, 15) is 4.79 Å². The van der Waals surface area contributed by atoms with E-state index in [4.69, 9.17) is 21.1 Å². The Hall–Kier alpha value is -2.50. The number of hydrogen-bond acceptors (Lipinski definition) is 4. The molecular formula is C28H35ClN2O3. The van der Waals surface area contributed by atoms with Gasteiger partial charge in [0.1, 0.15) is 17.6 Å². The van der Waals surface area contributed by atoms with E-state index in [1.165, 1.54) is 0 Å². The molecule has 0 spiro atoms. The lowest BCUT2D eigenvalue weighted by Gasteiger charge is -2.32. The summed E-state index contributed by atoms with van der Waals surface area (Å²) in [5.74, 6) is 1.79. The van der Waals surface area contributed by atoms with Crippen molar-refractivity contribution in [1.82, 2.24) is 9.47 Å². The number of rotatable bonds is 11. The van der Waals surface area contributed by atoms with Crippen LogP contribution in [0.4, 0.5) is 0 Å². The molecule has 1 fully saturated rings. The number of likely N-dealkylation sites (tertiary alicyclic amines) is 1. The number of halogens is 1. The number of para-hydroxylation sites is 1. The van der Waals surface area contributed by atoms with E-state index in [0.29, 0.717) is 11.4 Å². The first-order valence-electron chi connectivity index (χ1n) is 12.4. The number of carbonyl (C=O) groups is 1. The molecule has 0 radical (unpaired) electrons. The van der Waals surface area contributed by atoms with Gasteiger partial charge in [-0.3, -0.25) is 4.79 Å². The third-order valence-electron chi connectivity index (χ3n) is 6.68. The average Bonchev–Trinajstić information content (AvgIpc) is 3.23. The zero-order chi connectivity index (χ0) is 23.9. The van der Waals surface area contributed by atoms with Gasteiger partial charge in [0, 0.05) is 48.7 Å². The number of Topliss-reactive ketones (excluding diaryl/α,β-unsaturated/α-hetero) is 1. The molecule has 2 aromatic carbocycles. The van der Waals surface area contributed by atoms with E-state index in [1.54, 1.807) is 7.11 Å². The fraction of sp³-hybridized carbons (Fsp3) is 0.464. The van der Waals surface area contributed by atoms with E-state index in [-0.39, 0.29) is 11.9 Å². The molecule has 182 valence electrons. The number of fused-ring (bicyclic) bond motifs is 1. The number of aryl methyl sites for hydroxylation is 1. The van der Waals surface area contributed by atoms with Crippen LogP contribution in [0.25, 0.3) is 10.9 Å². The lowest BCUT2D eigenvalue weighted by Crippen LogP contribution is -2.39. The number of carbonyl (C=O) groups excluding carboxylic acids is 1. The van der Waals surface area contributed by atoms with Crippen LogP contribution in [0.5, 0.6) is 11.5 Å². The Balaban J connectivity index is 1.33. The molecule has 0 unspecified atom stereocenters. The van der Waals surface area contributed by atoms with Gasteiger partial charge in [0.25, 0.3) is 0 Å². The molecule has 1 aliphatic heterocycles. The maximum Gasteiger partial charge on any atom is 0.165 e. The first-order valence-corrected chi connectivity index (χ1v) is 12.8. The predicted molar refractivity (Wildman–Crippen MR) is 139 cm³/mol. The van der Waals surface area contributed by atoms with Crippen molar-refractivity contribution < 1.29 is 14.3 Å². The van der Waals surface area contributed by atoms with Crippen molar-refractivity contribution in [2.75, 3.05) is 26.7 Å². The number of hydrogen-bond donors (Lipinski definition) is 0. The lowest BCUT2D eigenvalue weighted by molar-refractivity contribution is 0.0981. The maximum absolute atomic E-state index is 12.9. The second kappa shape index (κ2) is 11.8. The average molecular weight is 483 g/mol. The number of nitrogens with zero attached hydrogens (tertiary/aromatic N) is 2. The molecule has 3 aromatic rings. The van der Waals surface area contributed by atoms with Crippen LogP contribution < -0.4 is 9.47 Å². The number of methoxy groups -OCH3 is 1. The summed E-state index contributed by atoms with van der Waals surface area (Å²) in [7, 11) is 1.67. The number of benzene rings is 2. The van der Waals surface area contributed by atoms with Crippen LogP contribution in [0, 0.1) is 0 Å². The first-order chi connectivity index (χ1) is 16.6. The van der Waals surface area contributed by atoms with Gasteiger partial charge in [-0.1, -0.05) is 37.1 Å². The Morgan fingerprint density at radius 1 is 1.09 bits per heavy atom. The third kappa shape index (κ3) is 5.94. The van der Waals surface area contributed by atoms with Crippen LogP contribution in [0.3, 0.4) is 0 Å². The standard InChI is InChI=1S/C28H35ClN2O3/c1-3-4-9-27(32)24-20-31(26-12-11-22(33-2)19-23(24)26)16-7-15-30-17-13-21(14-18-30)34-28-10-6-5-8-25(28)29/h5-6,8,10-12,19-21H,3-4,7,9,13-18H2,1-2H3. The van der Waals surface area contributed by atoms with Gasteiger partial charge in [0.05, 0.1) is 12.1 Å². The fourth-order valence-electron chi connectivity index (χ4n) is 4.72. The summed E-state index contributed by atoms with van der Waals surface area (Å²) in [6.07, 6.45) is 7.86. The predicted octanol–water partition coefficient (Wildman–Crippen LogP) is 6.61. The highest BCUT2D eigenvalue weighted by molar-refractivity contribution is 6.32. The molecule has 0 aliphatic carbocycles. The molecule has 1 aromatic heterocycles. The Morgan fingerprint density at radius 2 is 1.88 bits per heavy atom. The van der Waals surface area contributed by atoms with E-state index >= 15 is 0 Å². The summed E-state index contributed by atoms with van der Waals surface area (Å²) >= 11 is 6.24. The molecule has 4 rings (SSSR count). The highest BCUT2D eigenvalue weighted by Gasteiger charge is 2.21. The molecule has 0 atom stereocenters. The largest absolute Gasteiger partial charge is 0.497 e. The Bertz CT molecular complexity index is 1100. The molecule has 1 saturated heterocycles. The van der Waals surface area contributed by atoms with Gasteiger partial charge < -0.3 is 18.9 Å². The number of ketones is 1. The summed E-state index contributed by atoms with van der Waals surface area (Å²) in [5.41, 5.74) is 1.92. The maximum atomic E-state index is 12.9. The van der Waals surface area contributed by atoms with Gasteiger partial charge in [-0.15, -0.1) is 0 Å². The molecule has 0 amide bonds. The van der Waals surface area contributed by atoms with Crippen LogP contribution in [-0.2, 0) is 6.54 Å². The van der Waals surface area contributed by atoms with Gasteiger partial charge in [0.2, 0.25) is 0 Å². The lowest BCUT2D eigenvalue weighted by atomic mass is 10.0. The minimum Gasteiger partial charge on any atom is -0.497 e. The van der Waals surface area contributed by atoms with Crippen molar-refractivity contribution >= 4 is 28.3 Å². The van der Waals surface area contributed by atoms with Crippen LogP contribution in [0.2, 0.25) is 5.02 Å². The zero-order valence-electron chi connectivity index (χ0n) is 20.3. The van der Waals surface area contributed by atoms with Gasteiger partial charge in [0.15, 0.2) is 5.78 Å². The van der Waals surface area contributed by atoms with Gasteiger partial charge in [-0.05, 0) is 62.6 Å². The number of ether oxygens (including phenoxy) is 2. The number of aromatic nitrogens is 1. The first kappa shape index (κ1) is 24.6. The van der Waals surface area contributed by atoms with E-state index in [2.05, 4.69) is 22.5 Å². The third-order valence-corrected chi connectivity index (χ3v) is 7.00. The van der Waals surface area contributed by atoms with E-state index in [1.807, 2.05) is 42.6 Å². The highest BCUT2D eigenvalue weighted by Crippen LogP contribution is 2.29. The smallest absolute Gasteiger partial charge is 0.165 e.